The number of unbranched alkanes of at least 4 members (excludes halogenated alkanes) is 5. The number of rotatable bonds is 10. The minimum absolute atomic E-state index is 0.0191. The number of allylic oxidation sites excluding steroid dienone is 1. The van der Waals surface area contributed by atoms with Gasteiger partial charge in [0.2, 0.25) is 0 Å². The number of carbonyl (C=O) groups is 1. The van der Waals surface area contributed by atoms with Gasteiger partial charge in [-0.1, -0.05) is 51.7 Å². The first-order valence-electron chi connectivity index (χ1n) is 7.21. The van der Waals surface area contributed by atoms with Crippen LogP contribution in [0.25, 0.3) is 0 Å². The molecule has 0 aromatic heterocycles. The van der Waals surface area contributed by atoms with Crippen molar-refractivity contribution in [1.29, 1.82) is 0 Å². The van der Waals surface area contributed by atoms with Crippen LogP contribution in [0.3, 0.4) is 0 Å². The van der Waals surface area contributed by atoms with Crippen LogP contribution in [0.1, 0.15) is 58.8 Å². The maximum absolute atomic E-state index is 11.1. The van der Waals surface area contributed by atoms with Gasteiger partial charge >= 0.3 is 5.97 Å². The number of ether oxygens (including phenoxy) is 1. The first-order valence-corrected chi connectivity index (χ1v) is 7.21. The van der Waals surface area contributed by atoms with Crippen LogP contribution >= 0.6 is 0 Å². The molecule has 0 amide bonds. The number of hydrogen-bond acceptors (Lipinski definition) is 2. The van der Waals surface area contributed by atoms with E-state index in [-0.39, 0.29) is 5.92 Å². The summed E-state index contributed by atoms with van der Waals surface area (Å²) in [5.74, 6) is -0.799. The van der Waals surface area contributed by atoms with Crippen molar-refractivity contribution in [2.45, 2.75) is 64.4 Å². The highest BCUT2D eigenvalue weighted by Crippen LogP contribution is 2.38. The molecule has 1 rings (SSSR count). The second-order valence-corrected chi connectivity index (χ2v) is 5.13. The highest BCUT2D eigenvalue weighted by Gasteiger charge is 2.57. The van der Waals surface area contributed by atoms with Crippen LogP contribution in [0, 0.1) is 5.92 Å². The lowest BCUT2D eigenvalue weighted by Crippen LogP contribution is -2.32. The Labute approximate surface area is 110 Å². The van der Waals surface area contributed by atoms with Gasteiger partial charge < -0.3 is 9.84 Å². The van der Waals surface area contributed by atoms with Gasteiger partial charge in [0.25, 0.3) is 0 Å². The van der Waals surface area contributed by atoms with Gasteiger partial charge in [-0.2, -0.15) is 0 Å². The summed E-state index contributed by atoms with van der Waals surface area (Å²) in [6.07, 6.45) is 12.4. The van der Waals surface area contributed by atoms with E-state index in [1.165, 1.54) is 32.1 Å². The van der Waals surface area contributed by atoms with E-state index in [1.807, 2.05) is 13.0 Å². The van der Waals surface area contributed by atoms with E-state index in [9.17, 15) is 4.79 Å². The zero-order chi connectivity index (χ0) is 13.4. The van der Waals surface area contributed by atoms with E-state index in [2.05, 4.69) is 13.0 Å². The Morgan fingerprint density at radius 2 is 2.00 bits per heavy atom. The van der Waals surface area contributed by atoms with E-state index >= 15 is 0 Å². The van der Waals surface area contributed by atoms with Gasteiger partial charge in [-0.3, -0.25) is 0 Å². The Morgan fingerprint density at radius 3 is 2.50 bits per heavy atom. The molecule has 0 aromatic rings. The molecule has 1 aliphatic rings. The van der Waals surface area contributed by atoms with Gasteiger partial charge in [-0.15, -0.1) is 0 Å². The molecule has 3 nitrogen and oxygen atoms in total. The summed E-state index contributed by atoms with van der Waals surface area (Å²) in [5, 5.41) is 9.15. The largest absolute Gasteiger partial charge is 0.479 e. The van der Waals surface area contributed by atoms with Crippen molar-refractivity contribution in [3.05, 3.63) is 12.2 Å². The molecule has 1 N–H and O–H groups in total. The summed E-state index contributed by atoms with van der Waals surface area (Å²) in [7, 11) is 0. The van der Waals surface area contributed by atoms with Crippen LogP contribution in [0.15, 0.2) is 12.2 Å². The number of aliphatic carboxylic acids is 1. The summed E-state index contributed by atoms with van der Waals surface area (Å²) >= 11 is 0. The first kappa shape index (κ1) is 15.2. The fourth-order valence-corrected chi connectivity index (χ4v) is 2.32. The number of carboxylic acids is 1. The van der Waals surface area contributed by atoms with Crippen LogP contribution in [-0.2, 0) is 9.53 Å². The Balaban J connectivity index is 2.25. The second kappa shape index (κ2) is 7.57. The maximum Gasteiger partial charge on any atom is 0.339 e. The lowest BCUT2D eigenvalue weighted by molar-refractivity contribution is -0.144. The van der Waals surface area contributed by atoms with Crippen LogP contribution < -0.4 is 0 Å². The third-order valence-electron chi connectivity index (χ3n) is 3.70. The summed E-state index contributed by atoms with van der Waals surface area (Å²) in [5.41, 5.74) is -0.909. The molecule has 1 saturated heterocycles. The molecule has 0 saturated carbocycles. The lowest BCUT2D eigenvalue weighted by atomic mass is 9.89. The molecule has 1 aliphatic heterocycles. The zero-order valence-corrected chi connectivity index (χ0v) is 11.7. The predicted molar refractivity (Wildman–Crippen MR) is 72.6 cm³/mol. The molecule has 0 aromatic carbocycles. The van der Waals surface area contributed by atoms with Crippen molar-refractivity contribution >= 4 is 5.97 Å². The standard InChI is InChI=1S/C15H26O3/c1-3-5-6-7-8-9-10-11-13(4-2)15(12-18-15)14(16)17/h10-11,13H,3-9,12H2,1-2H3,(H,16,17)/b11-10-. The van der Waals surface area contributed by atoms with Gasteiger partial charge in [0.15, 0.2) is 5.60 Å². The second-order valence-electron chi connectivity index (χ2n) is 5.13. The first-order chi connectivity index (χ1) is 8.67. The van der Waals surface area contributed by atoms with E-state index in [1.54, 1.807) is 0 Å². The molecule has 3 heteroatoms. The highest BCUT2D eigenvalue weighted by atomic mass is 16.6. The topological polar surface area (TPSA) is 49.8 Å². The predicted octanol–water partition coefficient (Wildman–Crippen LogP) is 3.78. The Morgan fingerprint density at radius 1 is 1.33 bits per heavy atom. The molecule has 1 fully saturated rings. The normalized spacial score (nSPS) is 24.3. The molecule has 0 spiro atoms. The summed E-state index contributed by atoms with van der Waals surface area (Å²) in [6.45, 7) is 4.59. The molecular formula is C15H26O3. The molecule has 2 unspecified atom stereocenters. The lowest BCUT2D eigenvalue weighted by Gasteiger charge is -2.14. The quantitative estimate of drug-likeness (QED) is 0.366. The smallest absolute Gasteiger partial charge is 0.339 e. The SMILES string of the molecule is CCCCCCC/C=C\C(CC)C1(C(=O)O)CO1. The van der Waals surface area contributed by atoms with Crippen LogP contribution in [0.2, 0.25) is 0 Å². The van der Waals surface area contributed by atoms with Crippen molar-refractivity contribution in [2.75, 3.05) is 6.61 Å². The van der Waals surface area contributed by atoms with Gasteiger partial charge in [-0.05, 0) is 19.3 Å². The van der Waals surface area contributed by atoms with Crippen molar-refractivity contribution in [3.8, 4) is 0 Å². The van der Waals surface area contributed by atoms with Crippen molar-refractivity contribution in [3.63, 3.8) is 0 Å². The maximum atomic E-state index is 11.1. The number of carboxylic acid groups (broad SMARTS) is 1. The molecule has 0 bridgehead atoms. The molecule has 18 heavy (non-hydrogen) atoms. The van der Waals surface area contributed by atoms with Gasteiger partial charge in [0, 0.05) is 5.92 Å². The van der Waals surface area contributed by atoms with Gasteiger partial charge in [-0.25, -0.2) is 4.79 Å². The summed E-state index contributed by atoms with van der Waals surface area (Å²) in [6, 6.07) is 0. The third-order valence-corrected chi connectivity index (χ3v) is 3.70. The van der Waals surface area contributed by atoms with Crippen molar-refractivity contribution in [1.82, 2.24) is 0 Å². The molecule has 1 heterocycles. The van der Waals surface area contributed by atoms with Crippen LogP contribution in [0.4, 0.5) is 0 Å². The van der Waals surface area contributed by atoms with E-state index in [4.69, 9.17) is 9.84 Å². The average Bonchev–Trinajstić information content (AvgIpc) is 3.14. The molecule has 2 atom stereocenters. The average molecular weight is 254 g/mol. The van der Waals surface area contributed by atoms with Crippen molar-refractivity contribution < 1.29 is 14.6 Å². The van der Waals surface area contributed by atoms with E-state index in [0.29, 0.717) is 6.61 Å². The van der Waals surface area contributed by atoms with E-state index in [0.717, 1.165) is 12.8 Å². The number of hydrogen-bond donors (Lipinski definition) is 1. The zero-order valence-electron chi connectivity index (χ0n) is 11.7. The summed E-state index contributed by atoms with van der Waals surface area (Å²) in [4.78, 5) is 11.1. The van der Waals surface area contributed by atoms with Crippen LogP contribution in [-0.4, -0.2) is 23.3 Å². The minimum atomic E-state index is -0.909. The van der Waals surface area contributed by atoms with E-state index < -0.39 is 11.6 Å². The summed E-state index contributed by atoms with van der Waals surface area (Å²) < 4.78 is 5.17. The fourth-order valence-electron chi connectivity index (χ4n) is 2.32. The van der Waals surface area contributed by atoms with Crippen LogP contribution in [0.5, 0.6) is 0 Å². The fraction of sp³-hybridized carbons (Fsp3) is 0.800. The highest BCUT2D eigenvalue weighted by molar-refractivity contribution is 5.81. The molecule has 104 valence electrons. The van der Waals surface area contributed by atoms with Gasteiger partial charge in [0.05, 0.1) is 6.61 Å². The molecular weight excluding hydrogens is 228 g/mol. The Bertz CT molecular complexity index is 279. The molecule has 0 radical (unpaired) electrons. The monoisotopic (exact) mass is 254 g/mol. The van der Waals surface area contributed by atoms with Gasteiger partial charge in [0.1, 0.15) is 0 Å². The Hall–Kier alpha value is -0.830. The minimum Gasteiger partial charge on any atom is -0.479 e. The van der Waals surface area contributed by atoms with Crippen molar-refractivity contribution in [2.24, 2.45) is 5.92 Å². The third kappa shape index (κ3) is 4.13. The number of epoxide rings is 1. The Kier molecular flexibility index (Phi) is 6.41. The molecule has 0 aliphatic carbocycles.